The number of carbonyl (C=O) groups is 1. The molecule has 1 fully saturated rings. The van der Waals surface area contributed by atoms with E-state index in [-0.39, 0.29) is 11.5 Å². The van der Waals surface area contributed by atoms with Gasteiger partial charge in [0.1, 0.15) is 10.7 Å². The van der Waals surface area contributed by atoms with Crippen LogP contribution in [0.1, 0.15) is 66.0 Å². The first-order valence-electron chi connectivity index (χ1n) is 9.84. The van der Waals surface area contributed by atoms with Gasteiger partial charge < -0.3 is 4.90 Å². The third-order valence-corrected chi connectivity index (χ3v) is 7.13. The number of carbonyl (C=O) groups excluding carboxylic acids is 1. The quantitative estimate of drug-likeness (QED) is 0.823. The van der Waals surface area contributed by atoms with E-state index in [9.17, 15) is 9.59 Å². The Morgan fingerprint density at radius 2 is 2.00 bits per heavy atom. The molecule has 0 bridgehead atoms. The second kappa shape index (κ2) is 7.14. The molecule has 1 aliphatic heterocycles. The summed E-state index contributed by atoms with van der Waals surface area (Å²) >= 11 is 1.40. The molecule has 2 aromatic heterocycles. The Kier molecular flexibility index (Phi) is 4.86. The van der Waals surface area contributed by atoms with Crippen molar-refractivity contribution in [3.63, 3.8) is 0 Å². The van der Waals surface area contributed by atoms with E-state index in [1.165, 1.54) is 37.0 Å². The summed E-state index contributed by atoms with van der Waals surface area (Å²) in [5.41, 5.74) is 0.850. The fourth-order valence-corrected chi connectivity index (χ4v) is 5.64. The topological polar surface area (TPSA) is 55.2 Å². The van der Waals surface area contributed by atoms with E-state index in [4.69, 9.17) is 4.98 Å². The zero-order chi connectivity index (χ0) is 18.3. The summed E-state index contributed by atoms with van der Waals surface area (Å²) in [5.74, 6) is 1.55. The Labute approximate surface area is 158 Å². The van der Waals surface area contributed by atoms with E-state index in [0.29, 0.717) is 16.2 Å². The summed E-state index contributed by atoms with van der Waals surface area (Å²) < 4.78 is 1.84. The molecule has 2 aliphatic rings. The zero-order valence-corrected chi connectivity index (χ0v) is 16.5. The van der Waals surface area contributed by atoms with Crippen LogP contribution in [0, 0.1) is 12.8 Å². The van der Waals surface area contributed by atoms with Crippen molar-refractivity contribution in [2.45, 2.75) is 64.8 Å². The maximum absolute atomic E-state index is 13.0. The van der Waals surface area contributed by atoms with E-state index in [1.54, 1.807) is 0 Å². The molecule has 1 aliphatic carbocycles. The van der Waals surface area contributed by atoms with Gasteiger partial charge in [-0.15, -0.1) is 11.3 Å². The van der Waals surface area contributed by atoms with Gasteiger partial charge in [0.05, 0.1) is 10.3 Å². The standard InChI is InChI=1S/C20H27N3O2S/c1-13-16-18(21-15-10-4-3-7-11-23(15)19(16)24)26-17(13)20(25)22(2)12-14-8-5-6-9-14/h14H,3-12H2,1-2H3. The molecule has 1 amide bonds. The highest BCUT2D eigenvalue weighted by atomic mass is 32.1. The van der Waals surface area contributed by atoms with E-state index < -0.39 is 0 Å². The molecule has 3 heterocycles. The molecule has 140 valence electrons. The van der Waals surface area contributed by atoms with Gasteiger partial charge in [0, 0.05) is 26.6 Å². The lowest BCUT2D eigenvalue weighted by molar-refractivity contribution is 0.0777. The second-order valence-corrected chi connectivity index (χ2v) is 8.87. The van der Waals surface area contributed by atoms with Gasteiger partial charge in [0.15, 0.2) is 0 Å². The van der Waals surface area contributed by atoms with Gasteiger partial charge in [0.25, 0.3) is 11.5 Å². The molecule has 2 aromatic rings. The van der Waals surface area contributed by atoms with Crippen molar-refractivity contribution in [3.05, 3.63) is 26.6 Å². The fourth-order valence-electron chi connectivity index (χ4n) is 4.45. The SMILES string of the molecule is Cc1c(C(=O)N(C)CC2CCCC2)sc2nc3n(c(=O)c12)CCCCC3. The summed E-state index contributed by atoms with van der Waals surface area (Å²) in [6.07, 6.45) is 9.11. The Bertz CT molecular complexity index is 893. The largest absolute Gasteiger partial charge is 0.341 e. The van der Waals surface area contributed by atoms with Crippen LogP contribution in [0.15, 0.2) is 4.79 Å². The lowest BCUT2D eigenvalue weighted by atomic mass is 10.1. The van der Waals surface area contributed by atoms with Crippen LogP contribution in [-0.4, -0.2) is 34.0 Å². The van der Waals surface area contributed by atoms with Crippen LogP contribution in [0.5, 0.6) is 0 Å². The number of thiophene rings is 1. The van der Waals surface area contributed by atoms with Crippen molar-refractivity contribution in [2.24, 2.45) is 5.92 Å². The van der Waals surface area contributed by atoms with Crippen LogP contribution in [0.4, 0.5) is 0 Å². The molecule has 6 heteroatoms. The maximum Gasteiger partial charge on any atom is 0.264 e. The summed E-state index contributed by atoms with van der Waals surface area (Å²) in [5, 5.41) is 0.651. The molecular weight excluding hydrogens is 346 g/mol. The minimum Gasteiger partial charge on any atom is -0.341 e. The number of rotatable bonds is 3. The van der Waals surface area contributed by atoms with Gasteiger partial charge in [0.2, 0.25) is 0 Å². The third kappa shape index (κ3) is 3.08. The first-order chi connectivity index (χ1) is 12.6. The minimum atomic E-state index is 0.0389. The lowest BCUT2D eigenvalue weighted by Crippen LogP contribution is -2.31. The van der Waals surface area contributed by atoms with E-state index in [2.05, 4.69) is 0 Å². The summed E-state index contributed by atoms with van der Waals surface area (Å²) in [7, 11) is 1.89. The number of aromatic nitrogens is 2. The van der Waals surface area contributed by atoms with Crippen molar-refractivity contribution in [3.8, 4) is 0 Å². The lowest BCUT2D eigenvalue weighted by Gasteiger charge is -2.20. The number of aryl methyl sites for hydroxylation is 2. The summed E-state index contributed by atoms with van der Waals surface area (Å²) in [4.78, 5) is 34.1. The van der Waals surface area contributed by atoms with Crippen LogP contribution >= 0.6 is 11.3 Å². The molecule has 26 heavy (non-hydrogen) atoms. The molecular formula is C20H27N3O2S. The van der Waals surface area contributed by atoms with Crippen molar-refractivity contribution >= 4 is 27.5 Å². The smallest absolute Gasteiger partial charge is 0.264 e. The monoisotopic (exact) mass is 373 g/mol. The fraction of sp³-hybridized carbons (Fsp3) is 0.650. The van der Waals surface area contributed by atoms with Gasteiger partial charge in [-0.25, -0.2) is 4.98 Å². The van der Waals surface area contributed by atoms with Crippen LogP contribution in [-0.2, 0) is 13.0 Å². The van der Waals surface area contributed by atoms with Gasteiger partial charge in [-0.2, -0.15) is 0 Å². The number of hydrogen-bond acceptors (Lipinski definition) is 4. The van der Waals surface area contributed by atoms with Gasteiger partial charge >= 0.3 is 0 Å². The minimum absolute atomic E-state index is 0.0389. The highest BCUT2D eigenvalue weighted by molar-refractivity contribution is 7.20. The molecule has 4 rings (SSSR count). The molecule has 0 radical (unpaired) electrons. The highest BCUT2D eigenvalue weighted by Crippen LogP contribution is 2.30. The molecule has 0 aromatic carbocycles. The van der Waals surface area contributed by atoms with E-state index in [0.717, 1.165) is 55.0 Å². The number of amides is 1. The van der Waals surface area contributed by atoms with Crippen LogP contribution < -0.4 is 5.56 Å². The third-order valence-electron chi connectivity index (χ3n) is 5.96. The summed E-state index contributed by atoms with van der Waals surface area (Å²) in [6, 6.07) is 0. The number of nitrogens with zero attached hydrogens (tertiary/aromatic N) is 3. The predicted molar refractivity (Wildman–Crippen MR) is 105 cm³/mol. The van der Waals surface area contributed by atoms with Gasteiger partial charge in [-0.3, -0.25) is 14.2 Å². The van der Waals surface area contributed by atoms with E-state index >= 15 is 0 Å². The summed E-state index contributed by atoms with van der Waals surface area (Å²) in [6.45, 7) is 3.47. The normalized spacial score (nSPS) is 18.1. The Balaban J connectivity index is 1.70. The van der Waals surface area contributed by atoms with Crippen molar-refractivity contribution < 1.29 is 4.79 Å². The van der Waals surface area contributed by atoms with Crippen LogP contribution in [0.25, 0.3) is 10.2 Å². The molecule has 1 saturated carbocycles. The first-order valence-corrected chi connectivity index (χ1v) is 10.7. The number of fused-ring (bicyclic) bond motifs is 2. The van der Waals surface area contributed by atoms with Crippen molar-refractivity contribution in [1.29, 1.82) is 0 Å². The van der Waals surface area contributed by atoms with Crippen LogP contribution in [0.2, 0.25) is 0 Å². The van der Waals surface area contributed by atoms with Crippen molar-refractivity contribution in [2.75, 3.05) is 13.6 Å². The molecule has 0 unspecified atom stereocenters. The Morgan fingerprint density at radius 3 is 2.77 bits per heavy atom. The average Bonchev–Trinajstić information content (AvgIpc) is 3.16. The average molecular weight is 374 g/mol. The molecule has 0 N–H and O–H groups in total. The highest BCUT2D eigenvalue weighted by Gasteiger charge is 2.26. The van der Waals surface area contributed by atoms with Gasteiger partial charge in [-0.05, 0) is 44.1 Å². The zero-order valence-electron chi connectivity index (χ0n) is 15.7. The van der Waals surface area contributed by atoms with Crippen molar-refractivity contribution in [1.82, 2.24) is 14.5 Å². The Morgan fingerprint density at radius 1 is 1.23 bits per heavy atom. The first kappa shape index (κ1) is 17.7. The second-order valence-electron chi connectivity index (χ2n) is 7.87. The molecule has 0 atom stereocenters. The van der Waals surface area contributed by atoms with Gasteiger partial charge in [-0.1, -0.05) is 19.3 Å². The van der Waals surface area contributed by atoms with E-state index in [1.807, 2.05) is 23.4 Å². The molecule has 5 nitrogen and oxygen atoms in total. The number of hydrogen-bond donors (Lipinski definition) is 0. The molecule has 0 spiro atoms. The Hall–Kier alpha value is -1.69. The maximum atomic E-state index is 13.0. The predicted octanol–water partition coefficient (Wildman–Crippen LogP) is 3.76. The van der Waals surface area contributed by atoms with Crippen LogP contribution in [0.3, 0.4) is 0 Å². The molecule has 0 saturated heterocycles.